The zero-order valence-corrected chi connectivity index (χ0v) is 17.6. The molecule has 9 heteroatoms. The van der Waals surface area contributed by atoms with Gasteiger partial charge in [-0.25, -0.2) is 5.01 Å². The predicted molar refractivity (Wildman–Crippen MR) is 112 cm³/mol. The van der Waals surface area contributed by atoms with Crippen molar-refractivity contribution in [2.24, 2.45) is 5.10 Å². The summed E-state index contributed by atoms with van der Waals surface area (Å²) in [7, 11) is 3.55. The van der Waals surface area contributed by atoms with Crippen molar-refractivity contribution in [1.29, 1.82) is 0 Å². The number of anilines is 1. The second-order valence-electron chi connectivity index (χ2n) is 6.25. The van der Waals surface area contributed by atoms with Crippen molar-refractivity contribution in [3.05, 3.63) is 42.8 Å². The van der Waals surface area contributed by atoms with E-state index in [1.54, 1.807) is 30.3 Å². The Bertz CT molecular complexity index is 1190. The number of amides is 1. The van der Waals surface area contributed by atoms with E-state index in [-0.39, 0.29) is 11.5 Å². The van der Waals surface area contributed by atoms with Crippen LogP contribution in [0.3, 0.4) is 0 Å². The van der Waals surface area contributed by atoms with Crippen LogP contribution >= 0.6 is 34.7 Å². The number of hydrazone groups is 1. The molecule has 2 aliphatic heterocycles. The minimum Gasteiger partial charge on any atom is -0.337 e. The molecule has 4 rings (SSSR count). The van der Waals surface area contributed by atoms with Gasteiger partial charge in [0.05, 0.1) is 17.0 Å². The Morgan fingerprint density at radius 1 is 1.22 bits per heavy atom. The number of halogens is 1. The van der Waals surface area contributed by atoms with Crippen molar-refractivity contribution < 1.29 is 4.79 Å². The average Bonchev–Trinajstić information content (AvgIpc) is 3.20. The van der Waals surface area contributed by atoms with E-state index in [1.165, 1.54) is 16.3 Å². The summed E-state index contributed by atoms with van der Waals surface area (Å²) in [6, 6.07) is 5.70. The number of aromatic nitrogens is 1. The number of carbonyl (C=O) groups is 1. The molecule has 0 atom stereocenters. The second kappa shape index (κ2) is 6.54. The molecule has 2 aromatic rings. The van der Waals surface area contributed by atoms with Gasteiger partial charge in [0.25, 0.3) is 11.5 Å². The van der Waals surface area contributed by atoms with Gasteiger partial charge in [0.15, 0.2) is 0 Å². The molecule has 27 heavy (non-hydrogen) atoms. The highest BCUT2D eigenvalue weighted by atomic mass is 35.5. The van der Waals surface area contributed by atoms with Crippen LogP contribution in [0.25, 0.3) is 10.6 Å². The second-order valence-corrected chi connectivity index (χ2v) is 8.72. The van der Waals surface area contributed by atoms with Gasteiger partial charge < -0.3 is 4.90 Å². The van der Waals surface area contributed by atoms with E-state index in [9.17, 15) is 9.59 Å². The Hall–Kier alpha value is -2.03. The molecule has 1 aromatic carbocycles. The quantitative estimate of drug-likeness (QED) is 0.707. The summed E-state index contributed by atoms with van der Waals surface area (Å²) in [6.45, 7) is 4.18. The van der Waals surface area contributed by atoms with Crippen molar-refractivity contribution in [2.45, 2.75) is 25.3 Å². The molecule has 0 radical (unpaired) electrons. The number of hydrogen-bond donors (Lipinski definition) is 0. The summed E-state index contributed by atoms with van der Waals surface area (Å²) in [5, 5.41) is 7.04. The smallest absolute Gasteiger partial charge is 0.278 e. The maximum atomic E-state index is 13.1. The number of fused-ring (bicyclic) bond motifs is 1. The molecule has 1 amide bonds. The van der Waals surface area contributed by atoms with E-state index in [0.717, 1.165) is 15.6 Å². The van der Waals surface area contributed by atoms with Gasteiger partial charge in [-0.1, -0.05) is 23.4 Å². The van der Waals surface area contributed by atoms with E-state index < -0.39 is 0 Å². The molecule has 0 saturated heterocycles. The molecule has 0 N–H and O–H groups in total. The zero-order valence-electron chi connectivity index (χ0n) is 15.2. The molecule has 0 spiro atoms. The fourth-order valence-corrected chi connectivity index (χ4v) is 5.97. The van der Waals surface area contributed by atoms with Crippen molar-refractivity contribution in [1.82, 2.24) is 9.58 Å². The molecule has 1 aromatic heterocycles. The number of benzene rings is 1. The van der Waals surface area contributed by atoms with E-state index in [0.29, 0.717) is 32.0 Å². The van der Waals surface area contributed by atoms with Crippen LogP contribution in [0.5, 0.6) is 0 Å². The standard InChI is InChI=1S/C18H17ClN4O2S2/c1-5-23-16(25)14(27-17(23)13-9(2)20-22(4)15(13)24)18-21(3)11-8-10(19)6-7-12(11)26-18/h6-8H,5H2,1-4H3. The van der Waals surface area contributed by atoms with Crippen LogP contribution in [0.15, 0.2) is 33.0 Å². The lowest BCUT2D eigenvalue weighted by molar-refractivity contribution is -0.123. The molecular weight excluding hydrogens is 404 g/mol. The number of carbonyl (C=O) groups excluding carboxylic acids is 1. The first-order chi connectivity index (χ1) is 12.8. The van der Waals surface area contributed by atoms with Gasteiger partial charge in [-0.2, -0.15) is 5.10 Å². The van der Waals surface area contributed by atoms with Crippen molar-refractivity contribution in [3.63, 3.8) is 0 Å². The highest BCUT2D eigenvalue weighted by Crippen LogP contribution is 2.46. The molecular formula is C18H17ClN4O2S2. The Labute approximate surface area is 169 Å². The van der Waals surface area contributed by atoms with Crippen molar-refractivity contribution >= 4 is 62.6 Å². The third-order valence-electron chi connectivity index (χ3n) is 4.57. The van der Waals surface area contributed by atoms with Gasteiger partial charge in [0.1, 0.15) is 14.2 Å². The first-order valence-electron chi connectivity index (χ1n) is 8.36. The Morgan fingerprint density at radius 2 is 1.96 bits per heavy atom. The van der Waals surface area contributed by atoms with Gasteiger partial charge in [-0.05, 0) is 32.0 Å². The normalized spacial score (nSPS) is 20.5. The van der Waals surface area contributed by atoms with Crippen LogP contribution in [-0.2, 0) is 11.3 Å². The Kier molecular flexibility index (Phi) is 4.44. The summed E-state index contributed by atoms with van der Waals surface area (Å²) in [5.41, 5.74) is 2.01. The van der Waals surface area contributed by atoms with Crippen LogP contribution in [0.2, 0.25) is 5.02 Å². The third-order valence-corrected chi connectivity index (χ3v) is 7.36. The van der Waals surface area contributed by atoms with Crippen LogP contribution in [0, 0.1) is 0 Å². The fourth-order valence-electron chi connectivity index (χ4n) is 3.22. The predicted octanol–water partition coefficient (Wildman–Crippen LogP) is 1.89. The van der Waals surface area contributed by atoms with Gasteiger partial charge in [-0.15, -0.1) is 11.3 Å². The molecule has 0 unspecified atom stereocenters. The topological polar surface area (TPSA) is 57.9 Å². The van der Waals surface area contributed by atoms with E-state index in [1.807, 2.05) is 37.1 Å². The number of rotatable bonds is 1. The monoisotopic (exact) mass is 420 g/mol. The number of hydrogen-bond acceptors (Lipinski definition) is 6. The summed E-state index contributed by atoms with van der Waals surface area (Å²) >= 11 is 9.02. The zero-order chi connectivity index (χ0) is 19.5. The third kappa shape index (κ3) is 2.74. The minimum absolute atomic E-state index is 0.0894. The average molecular weight is 421 g/mol. The van der Waals surface area contributed by atoms with E-state index in [4.69, 9.17) is 11.6 Å². The summed E-state index contributed by atoms with van der Waals surface area (Å²) < 4.78 is 2.93. The lowest BCUT2D eigenvalue weighted by Crippen LogP contribution is -2.35. The lowest BCUT2D eigenvalue weighted by Gasteiger charge is -2.12. The number of thiazole rings is 1. The van der Waals surface area contributed by atoms with Gasteiger partial charge in [-0.3, -0.25) is 14.2 Å². The Morgan fingerprint density at radius 3 is 2.59 bits per heavy atom. The maximum Gasteiger partial charge on any atom is 0.278 e. The summed E-state index contributed by atoms with van der Waals surface area (Å²) in [5.74, 6) is -0.185. The SMILES string of the molecule is CCn1c(=C2C(=O)N(C)N=C2C)sc(=C2Sc3ccc(Cl)cc3N2C)c1=O. The first-order valence-corrected chi connectivity index (χ1v) is 10.4. The van der Waals surface area contributed by atoms with Crippen LogP contribution in [-0.4, -0.2) is 35.3 Å². The van der Waals surface area contributed by atoms with Crippen LogP contribution < -0.4 is 19.7 Å². The first kappa shape index (κ1) is 18.3. The van der Waals surface area contributed by atoms with E-state index >= 15 is 0 Å². The molecule has 6 nitrogen and oxygen atoms in total. The molecule has 2 aliphatic rings. The van der Waals surface area contributed by atoms with Crippen LogP contribution in [0.4, 0.5) is 5.69 Å². The van der Waals surface area contributed by atoms with Gasteiger partial charge in [0, 0.05) is 30.6 Å². The number of nitrogens with zero attached hydrogens (tertiary/aromatic N) is 4. The largest absolute Gasteiger partial charge is 0.337 e. The summed E-state index contributed by atoms with van der Waals surface area (Å²) in [6.07, 6.45) is 0. The van der Waals surface area contributed by atoms with Gasteiger partial charge >= 0.3 is 0 Å². The maximum absolute atomic E-state index is 13.1. The van der Waals surface area contributed by atoms with E-state index in [2.05, 4.69) is 5.10 Å². The Balaban J connectivity index is 2.02. The molecule has 0 aliphatic carbocycles. The van der Waals surface area contributed by atoms with Gasteiger partial charge in [0.2, 0.25) is 0 Å². The number of thioether (sulfide) groups is 1. The highest BCUT2D eigenvalue weighted by molar-refractivity contribution is 8.08. The molecule has 0 saturated carbocycles. The molecule has 140 valence electrons. The van der Waals surface area contributed by atoms with Crippen molar-refractivity contribution in [2.75, 3.05) is 19.0 Å². The summed E-state index contributed by atoms with van der Waals surface area (Å²) in [4.78, 5) is 28.7. The minimum atomic E-state index is -0.185. The molecule has 0 fully saturated rings. The van der Waals surface area contributed by atoms with Crippen molar-refractivity contribution in [3.8, 4) is 0 Å². The lowest BCUT2D eigenvalue weighted by atomic mass is 10.2. The fraction of sp³-hybridized carbons (Fsp3) is 0.278. The molecule has 3 heterocycles. The molecule has 0 bridgehead atoms. The highest BCUT2D eigenvalue weighted by Gasteiger charge is 2.29. The van der Waals surface area contributed by atoms with Crippen LogP contribution in [0.1, 0.15) is 13.8 Å².